The molecule has 1 aromatic carbocycles. The van der Waals surface area contributed by atoms with Gasteiger partial charge in [-0.15, -0.1) is 0 Å². The van der Waals surface area contributed by atoms with Crippen molar-refractivity contribution in [2.75, 3.05) is 13.2 Å². The number of nitrogens with one attached hydrogen (secondary N) is 1. The standard InChI is InChI=1S/C11H9F2NO3/c12-10(13)9(15)6-1-2-8-7(5-6)11(16)14-3-4-17-8/h1-2,5,10H,3-4H2,(H,14,16). The van der Waals surface area contributed by atoms with Crippen LogP contribution in [0.1, 0.15) is 20.7 Å². The Morgan fingerprint density at radius 1 is 1.41 bits per heavy atom. The lowest BCUT2D eigenvalue weighted by atomic mass is 10.1. The topological polar surface area (TPSA) is 55.4 Å². The Morgan fingerprint density at radius 2 is 2.18 bits per heavy atom. The Kier molecular flexibility index (Phi) is 3.03. The van der Waals surface area contributed by atoms with E-state index in [9.17, 15) is 18.4 Å². The normalized spacial score (nSPS) is 14.6. The molecule has 2 rings (SSSR count). The Hall–Kier alpha value is -1.98. The van der Waals surface area contributed by atoms with Gasteiger partial charge in [-0.1, -0.05) is 0 Å². The van der Waals surface area contributed by atoms with Gasteiger partial charge in [0.25, 0.3) is 5.91 Å². The molecule has 1 heterocycles. The number of ether oxygens (including phenoxy) is 1. The summed E-state index contributed by atoms with van der Waals surface area (Å²) in [5, 5.41) is 2.53. The van der Waals surface area contributed by atoms with E-state index in [2.05, 4.69) is 5.32 Å². The lowest BCUT2D eigenvalue weighted by Crippen LogP contribution is -2.24. The molecule has 0 aliphatic carbocycles. The van der Waals surface area contributed by atoms with Gasteiger partial charge in [-0.05, 0) is 18.2 Å². The predicted molar refractivity (Wildman–Crippen MR) is 54.6 cm³/mol. The van der Waals surface area contributed by atoms with Gasteiger partial charge in [0.05, 0.1) is 12.1 Å². The first-order valence-corrected chi connectivity index (χ1v) is 4.97. The number of fused-ring (bicyclic) bond motifs is 1. The molecule has 1 N–H and O–H groups in total. The summed E-state index contributed by atoms with van der Waals surface area (Å²) < 4.78 is 29.7. The number of ketones is 1. The molecule has 0 fully saturated rings. The van der Waals surface area contributed by atoms with E-state index >= 15 is 0 Å². The highest BCUT2D eigenvalue weighted by Crippen LogP contribution is 2.22. The summed E-state index contributed by atoms with van der Waals surface area (Å²) in [5.41, 5.74) is -0.0894. The summed E-state index contributed by atoms with van der Waals surface area (Å²) in [6.07, 6.45) is -3.08. The van der Waals surface area contributed by atoms with Crippen molar-refractivity contribution in [3.05, 3.63) is 29.3 Å². The quantitative estimate of drug-likeness (QED) is 0.793. The second kappa shape index (κ2) is 4.48. The number of alkyl halides is 2. The Morgan fingerprint density at radius 3 is 2.88 bits per heavy atom. The van der Waals surface area contributed by atoms with Crippen molar-refractivity contribution in [3.63, 3.8) is 0 Å². The molecule has 0 radical (unpaired) electrons. The second-order valence-electron chi connectivity index (χ2n) is 3.48. The fourth-order valence-electron chi connectivity index (χ4n) is 1.53. The third-order valence-electron chi connectivity index (χ3n) is 2.35. The molecule has 0 bridgehead atoms. The minimum Gasteiger partial charge on any atom is -0.491 e. The number of hydrogen-bond donors (Lipinski definition) is 1. The number of amides is 1. The van der Waals surface area contributed by atoms with Crippen LogP contribution in [0.2, 0.25) is 0 Å². The molecule has 1 aliphatic rings. The van der Waals surface area contributed by atoms with Crippen LogP contribution in [0.25, 0.3) is 0 Å². The van der Waals surface area contributed by atoms with E-state index in [1.165, 1.54) is 12.1 Å². The van der Waals surface area contributed by atoms with Crippen molar-refractivity contribution < 1.29 is 23.1 Å². The molecule has 6 heteroatoms. The molecule has 0 saturated carbocycles. The second-order valence-corrected chi connectivity index (χ2v) is 3.48. The SMILES string of the molecule is O=C1NCCOc2ccc(C(=O)C(F)F)cc21. The zero-order valence-corrected chi connectivity index (χ0v) is 8.70. The lowest BCUT2D eigenvalue weighted by Gasteiger charge is -2.07. The zero-order chi connectivity index (χ0) is 12.4. The van der Waals surface area contributed by atoms with Gasteiger partial charge in [-0.25, -0.2) is 8.78 Å². The predicted octanol–water partition coefficient (Wildman–Crippen LogP) is 1.26. The zero-order valence-electron chi connectivity index (χ0n) is 8.70. The largest absolute Gasteiger partial charge is 0.491 e. The van der Waals surface area contributed by atoms with Crippen LogP contribution >= 0.6 is 0 Å². The van der Waals surface area contributed by atoms with Crippen molar-refractivity contribution in [3.8, 4) is 5.75 Å². The molecular formula is C11H9F2NO3. The van der Waals surface area contributed by atoms with Crippen molar-refractivity contribution in [2.24, 2.45) is 0 Å². The summed E-state index contributed by atoms with van der Waals surface area (Å²) in [6, 6.07) is 3.71. The molecule has 17 heavy (non-hydrogen) atoms. The molecule has 0 atom stereocenters. The van der Waals surface area contributed by atoms with Crippen LogP contribution in [-0.4, -0.2) is 31.3 Å². The van der Waals surface area contributed by atoms with Gasteiger partial charge in [0.2, 0.25) is 5.78 Å². The van der Waals surface area contributed by atoms with Crippen LogP contribution in [0.5, 0.6) is 5.75 Å². The first kappa shape index (κ1) is 11.5. The van der Waals surface area contributed by atoms with Gasteiger partial charge in [-0.2, -0.15) is 0 Å². The maximum atomic E-state index is 12.2. The highest BCUT2D eigenvalue weighted by molar-refractivity contribution is 6.03. The molecule has 0 saturated heterocycles. The average molecular weight is 241 g/mol. The molecule has 1 aromatic rings. The van der Waals surface area contributed by atoms with Gasteiger partial charge in [-0.3, -0.25) is 9.59 Å². The fourth-order valence-corrected chi connectivity index (χ4v) is 1.53. The first-order valence-electron chi connectivity index (χ1n) is 4.97. The number of hydrogen-bond acceptors (Lipinski definition) is 3. The van der Waals surface area contributed by atoms with Crippen LogP contribution < -0.4 is 10.1 Å². The van der Waals surface area contributed by atoms with Crippen molar-refractivity contribution >= 4 is 11.7 Å². The van der Waals surface area contributed by atoms with Gasteiger partial charge in [0.15, 0.2) is 0 Å². The summed E-state index contributed by atoms with van der Waals surface area (Å²) in [7, 11) is 0. The summed E-state index contributed by atoms with van der Waals surface area (Å²) in [4.78, 5) is 22.7. The summed E-state index contributed by atoms with van der Waals surface area (Å²) >= 11 is 0. The number of Topliss-reactive ketones (excluding diaryl/α,β-unsaturated/α-hetero) is 1. The van der Waals surface area contributed by atoms with Gasteiger partial charge < -0.3 is 10.1 Å². The van der Waals surface area contributed by atoms with E-state index in [-0.39, 0.29) is 11.1 Å². The smallest absolute Gasteiger partial charge is 0.300 e. The Balaban J connectivity index is 2.41. The van der Waals surface area contributed by atoms with Gasteiger partial charge in [0, 0.05) is 5.56 Å². The van der Waals surface area contributed by atoms with Crippen molar-refractivity contribution in [1.29, 1.82) is 0 Å². The number of carbonyl (C=O) groups is 2. The third-order valence-corrected chi connectivity index (χ3v) is 2.35. The number of benzene rings is 1. The molecule has 4 nitrogen and oxygen atoms in total. The molecular weight excluding hydrogens is 232 g/mol. The van der Waals surface area contributed by atoms with E-state index in [4.69, 9.17) is 4.74 Å². The average Bonchev–Trinajstić information content (AvgIpc) is 2.50. The van der Waals surface area contributed by atoms with Crippen molar-refractivity contribution in [2.45, 2.75) is 6.43 Å². The van der Waals surface area contributed by atoms with Crippen LogP contribution in [-0.2, 0) is 0 Å². The van der Waals surface area contributed by atoms with E-state index in [1.54, 1.807) is 0 Å². The van der Waals surface area contributed by atoms with Crippen LogP contribution in [0, 0.1) is 0 Å². The molecule has 1 aliphatic heterocycles. The molecule has 90 valence electrons. The Bertz CT molecular complexity index is 474. The fraction of sp³-hybridized carbons (Fsp3) is 0.273. The van der Waals surface area contributed by atoms with E-state index < -0.39 is 18.1 Å². The van der Waals surface area contributed by atoms with Gasteiger partial charge in [0.1, 0.15) is 12.4 Å². The summed E-state index contributed by atoms with van der Waals surface area (Å²) in [6.45, 7) is 0.645. The maximum Gasteiger partial charge on any atom is 0.300 e. The van der Waals surface area contributed by atoms with Crippen LogP contribution in [0.4, 0.5) is 8.78 Å². The highest BCUT2D eigenvalue weighted by atomic mass is 19.3. The summed E-state index contributed by atoms with van der Waals surface area (Å²) in [5.74, 6) is -1.43. The Labute approximate surface area is 95.6 Å². The minimum atomic E-state index is -3.08. The van der Waals surface area contributed by atoms with E-state index in [0.29, 0.717) is 18.9 Å². The van der Waals surface area contributed by atoms with Crippen LogP contribution in [0.3, 0.4) is 0 Å². The highest BCUT2D eigenvalue weighted by Gasteiger charge is 2.22. The van der Waals surface area contributed by atoms with Gasteiger partial charge >= 0.3 is 6.43 Å². The molecule has 0 spiro atoms. The number of halogens is 2. The molecule has 0 aromatic heterocycles. The molecule has 0 unspecified atom stereocenters. The minimum absolute atomic E-state index is 0.106. The first-order chi connectivity index (χ1) is 8.09. The molecule has 1 amide bonds. The van der Waals surface area contributed by atoms with E-state index in [0.717, 1.165) is 6.07 Å². The monoisotopic (exact) mass is 241 g/mol. The van der Waals surface area contributed by atoms with Crippen molar-refractivity contribution in [1.82, 2.24) is 5.32 Å². The lowest BCUT2D eigenvalue weighted by molar-refractivity contribution is 0.0678. The van der Waals surface area contributed by atoms with Crippen LogP contribution in [0.15, 0.2) is 18.2 Å². The van der Waals surface area contributed by atoms with E-state index in [1.807, 2.05) is 0 Å². The number of carbonyl (C=O) groups excluding carboxylic acids is 2. The third kappa shape index (κ3) is 2.25. The number of rotatable bonds is 2. The maximum absolute atomic E-state index is 12.2.